The van der Waals surface area contributed by atoms with Crippen LogP contribution in [0.5, 0.6) is 17.2 Å². The Hall–Kier alpha value is -2.75. The van der Waals surface area contributed by atoms with Crippen molar-refractivity contribution in [2.75, 3.05) is 21.3 Å². The van der Waals surface area contributed by atoms with E-state index in [9.17, 15) is 4.79 Å². The zero-order valence-corrected chi connectivity index (χ0v) is 16.8. The number of methoxy groups -OCH3 is 3. The molecule has 0 N–H and O–H groups in total. The molecule has 28 heavy (non-hydrogen) atoms. The Morgan fingerprint density at radius 2 is 1.57 bits per heavy atom. The van der Waals surface area contributed by atoms with Crippen LogP contribution in [0.25, 0.3) is 0 Å². The first-order valence-electron chi connectivity index (χ1n) is 9.71. The minimum absolute atomic E-state index is 0.132. The number of Topliss-reactive ketones (excluding diaryl/α,β-unsaturated/α-hetero) is 1. The second kappa shape index (κ2) is 7.34. The molecule has 0 bridgehead atoms. The van der Waals surface area contributed by atoms with Gasteiger partial charge in [-0.25, -0.2) is 0 Å². The fourth-order valence-electron chi connectivity index (χ4n) is 4.73. The van der Waals surface area contributed by atoms with Crippen molar-refractivity contribution in [3.63, 3.8) is 0 Å². The first-order chi connectivity index (χ1) is 13.6. The van der Waals surface area contributed by atoms with Gasteiger partial charge in [-0.3, -0.25) is 4.79 Å². The second-order valence-electron chi connectivity index (χ2n) is 7.64. The normalized spacial score (nSPS) is 23.4. The number of rotatable bonds is 4. The molecule has 0 fully saturated rings. The monoisotopic (exact) mass is 378 g/mol. The Morgan fingerprint density at radius 3 is 2.21 bits per heavy atom. The molecular formula is C24H26O4. The number of ketones is 1. The zero-order valence-electron chi connectivity index (χ0n) is 16.8. The van der Waals surface area contributed by atoms with Crippen LogP contribution in [-0.4, -0.2) is 27.1 Å². The molecule has 0 heterocycles. The lowest BCUT2D eigenvalue weighted by Gasteiger charge is -2.39. The highest BCUT2D eigenvalue weighted by atomic mass is 16.5. The summed E-state index contributed by atoms with van der Waals surface area (Å²) in [6, 6.07) is 12.1. The van der Waals surface area contributed by atoms with E-state index in [1.54, 1.807) is 21.3 Å². The number of allylic oxidation sites excluding steroid dienone is 2. The van der Waals surface area contributed by atoms with Crippen molar-refractivity contribution in [3.8, 4) is 17.2 Å². The van der Waals surface area contributed by atoms with Crippen LogP contribution < -0.4 is 14.2 Å². The summed E-state index contributed by atoms with van der Waals surface area (Å²) in [6.07, 6.45) is 3.89. The topological polar surface area (TPSA) is 44.8 Å². The van der Waals surface area contributed by atoms with Crippen molar-refractivity contribution < 1.29 is 19.0 Å². The predicted octanol–water partition coefficient (Wildman–Crippen LogP) is 4.82. The molecule has 0 amide bonds. The maximum absolute atomic E-state index is 13.2. The van der Waals surface area contributed by atoms with Gasteiger partial charge >= 0.3 is 0 Å². The van der Waals surface area contributed by atoms with Gasteiger partial charge in [0.1, 0.15) is 5.75 Å². The third-order valence-electron chi connectivity index (χ3n) is 6.36. The van der Waals surface area contributed by atoms with Gasteiger partial charge < -0.3 is 14.2 Å². The molecule has 3 atom stereocenters. The minimum Gasteiger partial charge on any atom is -0.497 e. The Morgan fingerprint density at radius 1 is 0.893 bits per heavy atom. The van der Waals surface area contributed by atoms with Crippen LogP contribution in [0.2, 0.25) is 0 Å². The number of hydrogen-bond donors (Lipinski definition) is 0. The lowest BCUT2D eigenvalue weighted by molar-refractivity contribution is 0.0992. The number of hydrogen-bond acceptors (Lipinski definition) is 4. The Kier molecular flexibility index (Phi) is 4.88. The van der Waals surface area contributed by atoms with Gasteiger partial charge in [0.05, 0.1) is 21.3 Å². The largest absolute Gasteiger partial charge is 0.497 e. The predicted molar refractivity (Wildman–Crippen MR) is 109 cm³/mol. The Balaban J connectivity index is 1.69. The third-order valence-corrected chi connectivity index (χ3v) is 6.36. The van der Waals surface area contributed by atoms with E-state index in [2.05, 4.69) is 25.1 Å². The first kappa shape index (κ1) is 18.6. The number of carbonyl (C=O) groups excluding carboxylic acids is 1. The fraction of sp³-hybridized carbons (Fsp3) is 0.375. The molecule has 0 saturated heterocycles. The summed E-state index contributed by atoms with van der Waals surface area (Å²) in [4.78, 5) is 13.2. The Labute approximate surface area is 166 Å². The van der Waals surface area contributed by atoms with E-state index in [-0.39, 0.29) is 11.7 Å². The molecule has 2 aromatic rings. The minimum atomic E-state index is 0.132. The van der Waals surface area contributed by atoms with E-state index in [1.807, 2.05) is 24.3 Å². The van der Waals surface area contributed by atoms with Gasteiger partial charge in [-0.2, -0.15) is 0 Å². The van der Waals surface area contributed by atoms with Crippen LogP contribution in [0.15, 0.2) is 48.0 Å². The molecule has 0 aromatic heterocycles. The number of carbonyl (C=O) groups is 1. The number of ether oxygens (including phenoxy) is 3. The summed E-state index contributed by atoms with van der Waals surface area (Å²) in [6.45, 7) is 2.27. The van der Waals surface area contributed by atoms with Crippen LogP contribution in [0.3, 0.4) is 0 Å². The van der Waals surface area contributed by atoms with E-state index >= 15 is 0 Å². The molecule has 146 valence electrons. The van der Waals surface area contributed by atoms with E-state index in [0.717, 1.165) is 35.3 Å². The molecule has 0 spiro atoms. The standard InChI is InChI=1S/C24H26O4/c1-14-18(15-5-7-17(26-2)8-6-15)9-10-19-20(14)11-16-12-22(27-3)23(28-4)13-21(16)24(19)25/h5-8,10,12-14,18,20H,9,11H2,1-4H3/t14-,18?,20+/m0/s1. The molecule has 1 unspecified atom stereocenters. The lowest BCUT2D eigenvalue weighted by Crippen LogP contribution is -2.34. The summed E-state index contributed by atoms with van der Waals surface area (Å²) in [5.74, 6) is 3.27. The lowest BCUT2D eigenvalue weighted by atomic mass is 9.64. The Bertz CT molecular complexity index is 926. The molecule has 2 aromatic carbocycles. The summed E-state index contributed by atoms with van der Waals surface area (Å²) < 4.78 is 16.1. The average Bonchev–Trinajstić information content (AvgIpc) is 2.74. The fourth-order valence-corrected chi connectivity index (χ4v) is 4.73. The van der Waals surface area contributed by atoms with Gasteiger partial charge in [0.15, 0.2) is 17.3 Å². The van der Waals surface area contributed by atoms with Crippen molar-refractivity contribution in [1.82, 2.24) is 0 Å². The van der Waals surface area contributed by atoms with Crippen molar-refractivity contribution in [3.05, 3.63) is 64.7 Å². The van der Waals surface area contributed by atoms with Crippen LogP contribution in [0, 0.1) is 11.8 Å². The molecule has 0 radical (unpaired) electrons. The summed E-state index contributed by atoms with van der Waals surface area (Å²) >= 11 is 0. The molecule has 4 rings (SSSR count). The molecule has 2 aliphatic carbocycles. The highest BCUT2D eigenvalue weighted by Crippen LogP contribution is 2.47. The molecule has 0 aliphatic heterocycles. The van der Waals surface area contributed by atoms with Gasteiger partial charge in [-0.15, -0.1) is 0 Å². The van der Waals surface area contributed by atoms with Crippen LogP contribution in [-0.2, 0) is 6.42 Å². The van der Waals surface area contributed by atoms with Gasteiger partial charge in [0.25, 0.3) is 0 Å². The van der Waals surface area contributed by atoms with Crippen LogP contribution in [0.1, 0.15) is 40.7 Å². The quantitative estimate of drug-likeness (QED) is 0.765. The highest BCUT2D eigenvalue weighted by Gasteiger charge is 2.40. The first-order valence-corrected chi connectivity index (χ1v) is 9.71. The number of fused-ring (bicyclic) bond motifs is 2. The van der Waals surface area contributed by atoms with Gasteiger partial charge in [0, 0.05) is 5.56 Å². The smallest absolute Gasteiger partial charge is 0.189 e. The summed E-state index contributed by atoms with van der Waals surface area (Å²) in [5.41, 5.74) is 4.05. The van der Waals surface area contributed by atoms with Crippen molar-refractivity contribution in [2.45, 2.75) is 25.7 Å². The second-order valence-corrected chi connectivity index (χ2v) is 7.64. The summed E-state index contributed by atoms with van der Waals surface area (Å²) in [7, 11) is 4.91. The van der Waals surface area contributed by atoms with Crippen LogP contribution >= 0.6 is 0 Å². The van der Waals surface area contributed by atoms with E-state index in [4.69, 9.17) is 14.2 Å². The number of benzene rings is 2. The molecule has 4 heteroatoms. The van der Waals surface area contributed by atoms with E-state index < -0.39 is 0 Å². The third kappa shape index (κ3) is 2.97. The molecule has 0 saturated carbocycles. The van der Waals surface area contributed by atoms with Crippen molar-refractivity contribution in [2.24, 2.45) is 11.8 Å². The van der Waals surface area contributed by atoms with Crippen molar-refractivity contribution in [1.29, 1.82) is 0 Å². The average molecular weight is 378 g/mol. The van der Waals surface area contributed by atoms with Gasteiger partial charge in [0.2, 0.25) is 0 Å². The maximum Gasteiger partial charge on any atom is 0.189 e. The van der Waals surface area contributed by atoms with Gasteiger partial charge in [-0.1, -0.05) is 25.1 Å². The van der Waals surface area contributed by atoms with Gasteiger partial charge in [-0.05, 0) is 71.6 Å². The molecular weight excluding hydrogens is 352 g/mol. The molecule has 2 aliphatic rings. The van der Waals surface area contributed by atoms with E-state index in [1.165, 1.54) is 5.56 Å². The van der Waals surface area contributed by atoms with E-state index in [0.29, 0.717) is 23.3 Å². The zero-order chi connectivity index (χ0) is 19.8. The highest BCUT2D eigenvalue weighted by molar-refractivity contribution is 6.11. The molecule has 4 nitrogen and oxygen atoms in total. The maximum atomic E-state index is 13.2. The SMILES string of the molecule is COc1ccc(C2CC=C3C(=O)c4cc(OC)c(OC)cc4C[C@@H]3[C@H]2C)cc1. The van der Waals surface area contributed by atoms with Crippen LogP contribution in [0.4, 0.5) is 0 Å². The van der Waals surface area contributed by atoms with Crippen molar-refractivity contribution >= 4 is 5.78 Å². The summed E-state index contributed by atoms with van der Waals surface area (Å²) in [5, 5.41) is 0.